The fourth-order valence-corrected chi connectivity index (χ4v) is 2.88. The van der Waals surface area contributed by atoms with Crippen LogP contribution in [0.4, 0.5) is 0 Å². The van der Waals surface area contributed by atoms with Crippen LogP contribution in [0.15, 0.2) is 0 Å². The summed E-state index contributed by atoms with van der Waals surface area (Å²) in [5, 5.41) is 0. The minimum absolute atomic E-state index is 0. The van der Waals surface area contributed by atoms with Gasteiger partial charge in [-0.1, -0.05) is 71.9 Å². The summed E-state index contributed by atoms with van der Waals surface area (Å²) in [7, 11) is 0. The van der Waals surface area contributed by atoms with Crippen molar-refractivity contribution in [3.8, 4) is 0 Å². The highest BCUT2D eigenvalue weighted by Gasteiger charge is 2.25. The molecule has 0 aromatic carbocycles. The number of alkyl halides is 2. The van der Waals surface area contributed by atoms with Crippen molar-refractivity contribution in [1.82, 2.24) is 6.15 Å². The monoisotopic (exact) mass is 301 g/mol. The molecular weight excluding hydrogens is 282 g/mol. The Morgan fingerprint density at radius 1 is 1.00 bits per heavy atom. The van der Waals surface area contributed by atoms with E-state index in [4.69, 9.17) is 0 Å². The fraction of sp³-hybridized carbons (Fsp3) is 1.00. The van der Waals surface area contributed by atoms with Gasteiger partial charge in [-0.3, -0.25) is 0 Å². The summed E-state index contributed by atoms with van der Waals surface area (Å²) >= 11 is 7.10. The molecule has 3 N–H and O–H groups in total. The Morgan fingerprint density at radius 3 is 1.42 bits per heavy atom. The van der Waals surface area contributed by atoms with E-state index in [9.17, 15) is 0 Å². The summed E-state index contributed by atoms with van der Waals surface area (Å²) in [6, 6.07) is 0. The molecule has 0 spiro atoms. The van der Waals surface area contributed by atoms with Crippen molar-refractivity contribution in [2.45, 2.75) is 50.2 Å². The Labute approximate surface area is 93.5 Å². The maximum Gasteiger partial charge on any atom is 0.0703 e. The van der Waals surface area contributed by atoms with Crippen molar-refractivity contribution >= 4 is 31.9 Å². The molecule has 0 saturated carbocycles. The van der Waals surface area contributed by atoms with Gasteiger partial charge in [-0.2, -0.15) is 0 Å². The number of hydrogen-bond donors (Lipinski definition) is 1. The van der Waals surface area contributed by atoms with Crippen molar-refractivity contribution in [3.05, 3.63) is 0 Å². The van der Waals surface area contributed by atoms with E-state index in [-0.39, 0.29) is 6.15 Å². The third-order valence-corrected chi connectivity index (χ3v) is 3.48. The molecule has 0 rings (SSSR count). The molecule has 0 radical (unpaired) electrons. The van der Waals surface area contributed by atoms with Crippen molar-refractivity contribution in [3.63, 3.8) is 0 Å². The molecule has 0 aliphatic carbocycles. The van der Waals surface area contributed by atoms with Gasteiger partial charge in [0.25, 0.3) is 0 Å². The normalized spacial score (nSPS) is 11.5. The van der Waals surface area contributed by atoms with Gasteiger partial charge in [0.2, 0.25) is 0 Å². The molecule has 0 aliphatic heterocycles. The summed E-state index contributed by atoms with van der Waals surface area (Å²) in [6.07, 6.45) is 5.09. The molecular formula is C9H21Br2N. The fourth-order valence-electron chi connectivity index (χ4n) is 1.51. The van der Waals surface area contributed by atoms with Crippen LogP contribution in [0.5, 0.6) is 0 Å². The van der Waals surface area contributed by atoms with Gasteiger partial charge in [0.05, 0.1) is 3.74 Å². The average molecular weight is 303 g/mol. The molecule has 0 atom stereocenters. The first kappa shape index (κ1) is 15.4. The molecule has 76 valence electrons. The molecule has 0 aliphatic rings. The van der Waals surface area contributed by atoms with Crippen LogP contribution in [0.1, 0.15) is 46.5 Å². The van der Waals surface area contributed by atoms with E-state index in [1.54, 1.807) is 0 Å². The van der Waals surface area contributed by atoms with Gasteiger partial charge in [-0.15, -0.1) is 0 Å². The highest BCUT2D eigenvalue weighted by atomic mass is 79.9. The van der Waals surface area contributed by atoms with Crippen LogP contribution in [0.25, 0.3) is 0 Å². The Bertz CT molecular complexity index is 92.4. The van der Waals surface area contributed by atoms with Crippen molar-refractivity contribution < 1.29 is 0 Å². The average Bonchev–Trinajstić information content (AvgIpc) is 2.00. The molecule has 0 aromatic rings. The lowest BCUT2D eigenvalue weighted by Crippen LogP contribution is -2.20. The predicted octanol–water partition coefficient (Wildman–Crippen LogP) is 4.87. The van der Waals surface area contributed by atoms with E-state index >= 15 is 0 Å². The molecule has 0 fully saturated rings. The predicted molar refractivity (Wildman–Crippen MR) is 64.6 cm³/mol. The number of rotatable bonds is 5. The maximum absolute atomic E-state index is 3.55. The van der Waals surface area contributed by atoms with Crippen LogP contribution in [0, 0.1) is 5.41 Å². The topological polar surface area (TPSA) is 35.0 Å². The summed E-state index contributed by atoms with van der Waals surface area (Å²) in [4.78, 5) is 0. The smallest absolute Gasteiger partial charge is 0.0703 e. The van der Waals surface area contributed by atoms with E-state index in [2.05, 4.69) is 52.6 Å². The highest BCUT2D eigenvalue weighted by molar-refractivity contribution is 9.24. The van der Waals surface area contributed by atoms with Crippen LogP contribution < -0.4 is 6.15 Å². The van der Waals surface area contributed by atoms with Gasteiger partial charge >= 0.3 is 0 Å². The molecule has 1 nitrogen and oxygen atoms in total. The van der Waals surface area contributed by atoms with Crippen molar-refractivity contribution in [1.29, 1.82) is 0 Å². The van der Waals surface area contributed by atoms with E-state index in [1.165, 1.54) is 25.7 Å². The minimum atomic E-state index is 0. The zero-order valence-electron chi connectivity index (χ0n) is 8.37. The Kier molecular flexibility index (Phi) is 9.41. The first-order valence-corrected chi connectivity index (χ1v) is 6.21. The lowest BCUT2D eigenvalue weighted by Gasteiger charge is -2.31. The molecule has 3 heteroatoms. The SMILES string of the molecule is CCC(CC)(CC)CC(Br)Br.N. The summed E-state index contributed by atoms with van der Waals surface area (Å²) in [5.41, 5.74) is 0.553. The van der Waals surface area contributed by atoms with Gasteiger partial charge in [0.15, 0.2) is 0 Å². The second kappa shape index (κ2) is 7.34. The minimum Gasteiger partial charge on any atom is -0.344 e. The first-order chi connectivity index (χ1) is 5.10. The van der Waals surface area contributed by atoms with Gasteiger partial charge in [-0.05, 0) is 11.8 Å². The van der Waals surface area contributed by atoms with Crippen LogP contribution >= 0.6 is 31.9 Å². The van der Waals surface area contributed by atoms with Crippen LogP contribution in [0.2, 0.25) is 0 Å². The molecule has 0 bridgehead atoms. The second-order valence-corrected chi connectivity index (χ2v) is 6.60. The standard InChI is InChI=1S/C9H18Br2.H3N/c1-4-9(5-2,6-3)7-8(10)11;/h8H,4-7H2,1-3H3;1H3. The molecule has 12 heavy (non-hydrogen) atoms. The second-order valence-electron chi connectivity index (χ2n) is 3.16. The number of halogens is 2. The van der Waals surface area contributed by atoms with Crippen LogP contribution in [-0.4, -0.2) is 3.74 Å². The van der Waals surface area contributed by atoms with E-state index < -0.39 is 0 Å². The third kappa shape index (κ3) is 4.83. The zero-order valence-corrected chi connectivity index (χ0v) is 11.5. The zero-order chi connectivity index (χ0) is 8.91. The van der Waals surface area contributed by atoms with Crippen LogP contribution in [-0.2, 0) is 0 Å². The summed E-state index contributed by atoms with van der Waals surface area (Å²) in [6.45, 7) is 6.86. The Balaban J connectivity index is 0. The molecule has 0 unspecified atom stereocenters. The van der Waals surface area contributed by atoms with E-state index in [0.717, 1.165) is 0 Å². The first-order valence-electron chi connectivity index (χ1n) is 4.38. The summed E-state index contributed by atoms with van der Waals surface area (Å²) < 4.78 is 0.481. The Morgan fingerprint density at radius 2 is 1.33 bits per heavy atom. The highest BCUT2D eigenvalue weighted by Crippen LogP contribution is 2.38. The maximum atomic E-state index is 3.55. The van der Waals surface area contributed by atoms with Gasteiger partial charge in [0, 0.05) is 0 Å². The third-order valence-electron chi connectivity index (χ3n) is 2.84. The van der Waals surface area contributed by atoms with Gasteiger partial charge in [-0.25, -0.2) is 0 Å². The largest absolute Gasteiger partial charge is 0.344 e. The van der Waals surface area contributed by atoms with Crippen molar-refractivity contribution in [2.24, 2.45) is 5.41 Å². The molecule has 0 saturated heterocycles. The molecule has 0 aromatic heterocycles. The lowest BCUT2D eigenvalue weighted by atomic mass is 9.78. The number of hydrogen-bond acceptors (Lipinski definition) is 1. The van der Waals surface area contributed by atoms with Gasteiger partial charge in [0.1, 0.15) is 0 Å². The summed E-state index contributed by atoms with van der Waals surface area (Å²) in [5.74, 6) is 0. The molecule has 0 heterocycles. The van der Waals surface area contributed by atoms with E-state index in [1.807, 2.05) is 0 Å². The lowest BCUT2D eigenvalue weighted by molar-refractivity contribution is 0.240. The quantitative estimate of drug-likeness (QED) is 0.722. The Hall–Kier alpha value is 0.920. The molecule has 0 amide bonds. The van der Waals surface area contributed by atoms with Crippen LogP contribution in [0.3, 0.4) is 0 Å². The van der Waals surface area contributed by atoms with E-state index in [0.29, 0.717) is 9.15 Å². The van der Waals surface area contributed by atoms with Crippen molar-refractivity contribution in [2.75, 3.05) is 0 Å². The van der Waals surface area contributed by atoms with Gasteiger partial charge < -0.3 is 6.15 Å².